The van der Waals surface area contributed by atoms with Crippen LogP contribution in [-0.4, -0.2) is 45.5 Å². The van der Waals surface area contributed by atoms with Crippen molar-refractivity contribution in [3.63, 3.8) is 0 Å². The minimum absolute atomic E-state index is 0.279. The van der Waals surface area contributed by atoms with Crippen LogP contribution >= 0.6 is 0 Å². The van der Waals surface area contributed by atoms with E-state index < -0.39 is 0 Å². The Balaban J connectivity index is 1.61. The Labute approximate surface area is 127 Å². The minimum Gasteiger partial charge on any atom is -0.491 e. The summed E-state index contributed by atoms with van der Waals surface area (Å²) >= 11 is 0. The van der Waals surface area contributed by atoms with E-state index in [1.54, 1.807) is 0 Å². The number of aryl methyl sites for hydroxylation is 1. The summed E-state index contributed by atoms with van der Waals surface area (Å²) in [6.07, 6.45) is 3.77. The molecule has 0 radical (unpaired) electrons. The molecule has 1 N–H and O–H groups in total. The van der Waals surface area contributed by atoms with Crippen molar-refractivity contribution in [3.8, 4) is 5.75 Å². The van der Waals surface area contributed by atoms with Crippen molar-refractivity contribution in [2.45, 2.75) is 32.3 Å². The lowest BCUT2D eigenvalue weighted by Gasteiger charge is -2.24. The van der Waals surface area contributed by atoms with Crippen LogP contribution in [-0.2, 0) is 4.74 Å². The molecule has 0 spiro atoms. The van der Waals surface area contributed by atoms with Gasteiger partial charge in [-0.05, 0) is 56.5 Å². The highest BCUT2D eigenvalue weighted by molar-refractivity contribution is 5.56. The molecule has 2 fully saturated rings. The first-order valence-electron chi connectivity index (χ1n) is 8.13. The van der Waals surface area contributed by atoms with Gasteiger partial charge in [-0.1, -0.05) is 0 Å². The van der Waals surface area contributed by atoms with Gasteiger partial charge in [-0.2, -0.15) is 0 Å². The number of benzene rings is 1. The van der Waals surface area contributed by atoms with E-state index in [1.165, 1.54) is 17.7 Å². The molecule has 2 heterocycles. The lowest BCUT2D eigenvalue weighted by Crippen LogP contribution is -2.28. The summed E-state index contributed by atoms with van der Waals surface area (Å²) in [5.74, 6) is 0.958. The van der Waals surface area contributed by atoms with Crippen LogP contribution < -0.4 is 15.0 Å². The number of rotatable bonds is 4. The van der Waals surface area contributed by atoms with E-state index in [0.29, 0.717) is 6.61 Å². The molecule has 0 saturated carbocycles. The molecule has 2 aliphatic rings. The van der Waals surface area contributed by atoms with Gasteiger partial charge in [0.05, 0.1) is 6.10 Å². The Kier molecular flexibility index (Phi) is 4.99. The SMILES string of the molecule is Cc1cc(OCC2CCCO2)ccc1N1CCCNCC1. The summed E-state index contributed by atoms with van der Waals surface area (Å²) in [6, 6.07) is 6.45. The smallest absolute Gasteiger partial charge is 0.119 e. The molecule has 4 nitrogen and oxygen atoms in total. The van der Waals surface area contributed by atoms with Gasteiger partial charge in [-0.3, -0.25) is 0 Å². The van der Waals surface area contributed by atoms with Gasteiger partial charge in [0.15, 0.2) is 0 Å². The number of ether oxygens (including phenoxy) is 2. The van der Waals surface area contributed by atoms with Gasteiger partial charge >= 0.3 is 0 Å². The molecule has 1 atom stereocenters. The van der Waals surface area contributed by atoms with Crippen molar-refractivity contribution in [1.29, 1.82) is 0 Å². The molecule has 0 amide bonds. The molecule has 1 aromatic rings. The van der Waals surface area contributed by atoms with Crippen molar-refractivity contribution in [3.05, 3.63) is 23.8 Å². The fourth-order valence-electron chi connectivity index (χ4n) is 3.12. The van der Waals surface area contributed by atoms with Gasteiger partial charge in [0, 0.05) is 31.9 Å². The second-order valence-electron chi connectivity index (χ2n) is 5.98. The molecule has 3 rings (SSSR count). The van der Waals surface area contributed by atoms with Gasteiger partial charge in [-0.15, -0.1) is 0 Å². The first-order valence-corrected chi connectivity index (χ1v) is 8.13. The van der Waals surface area contributed by atoms with Crippen molar-refractivity contribution < 1.29 is 9.47 Å². The number of hydrogen-bond donors (Lipinski definition) is 1. The van der Waals surface area contributed by atoms with Crippen molar-refractivity contribution in [2.75, 3.05) is 44.3 Å². The quantitative estimate of drug-likeness (QED) is 0.923. The first kappa shape index (κ1) is 14.7. The number of hydrogen-bond acceptors (Lipinski definition) is 4. The number of nitrogens with zero attached hydrogens (tertiary/aromatic N) is 1. The van der Waals surface area contributed by atoms with E-state index in [0.717, 1.165) is 51.4 Å². The third kappa shape index (κ3) is 3.89. The predicted octanol–water partition coefficient (Wildman–Crippen LogP) is 2.35. The molecule has 1 unspecified atom stereocenters. The third-order valence-electron chi connectivity index (χ3n) is 4.31. The number of anilines is 1. The fraction of sp³-hybridized carbons (Fsp3) is 0.647. The second kappa shape index (κ2) is 7.14. The van der Waals surface area contributed by atoms with Crippen LogP contribution in [0.3, 0.4) is 0 Å². The molecule has 1 aromatic carbocycles. The van der Waals surface area contributed by atoms with Crippen LogP contribution in [0, 0.1) is 6.92 Å². The van der Waals surface area contributed by atoms with Crippen LogP contribution in [0.2, 0.25) is 0 Å². The first-order chi connectivity index (χ1) is 10.3. The topological polar surface area (TPSA) is 33.7 Å². The standard InChI is InChI=1S/C17H26N2O2/c1-14-12-15(21-13-16-4-2-11-20-16)5-6-17(14)19-9-3-7-18-8-10-19/h5-6,12,16,18H,2-4,7-11,13H2,1H3. The molecule has 0 aliphatic carbocycles. The molecule has 2 saturated heterocycles. The highest BCUT2D eigenvalue weighted by Gasteiger charge is 2.16. The van der Waals surface area contributed by atoms with Crippen LogP contribution in [0.4, 0.5) is 5.69 Å². The summed E-state index contributed by atoms with van der Waals surface area (Å²) in [5.41, 5.74) is 2.63. The molecular weight excluding hydrogens is 264 g/mol. The van der Waals surface area contributed by atoms with Gasteiger partial charge in [0.1, 0.15) is 12.4 Å². The Bertz CT molecular complexity index is 450. The number of nitrogens with one attached hydrogen (secondary N) is 1. The Morgan fingerprint density at radius 2 is 2.24 bits per heavy atom. The van der Waals surface area contributed by atoms with E-state index in [4.69, 9.17) is 9.47 Å². The van der Waals surface area contributed by atoms with E-state index >= 15 is 0 Å². The summed E-state index contributed by atoms with van der Waals surface area (Å²) in [7, 11) is 0. The summed E-state index contributed by atoms with van der Waals surface area (Å²) in [4.78, 5) is 2.47. The largest absolute Gasteiger partial charge is 0.491 e. The Morgan fingerprint density at radius 1 is 1.29 bits per heavy atom. The average molecular weight is 290 g/mol. The lowest BCUT2D eigenvalue weighted by atomic mass is 10.1. The van der Waals surface area contributed by atoms with Gasteiger partial charge in [0.2, 0.25) is 0 Å². The van der Waals surface area contributed by atoms with E-state index in [9.17, 15) is 0 Å². The van der Waals surface area contributed by atoms with Gasteiger partial charge in [0.25, 0.3) is 0 Å². The van der Waals surface area contributed by atoms with Crippen molar-refractivity contribution in [2.24, 2.45) is 0 Å². The monoisotopic (exact) mass is 290 g/mol. The van der Waals surface area contributed by atoms with Gasteiger partial charge < -0.3 is 19.7 Å². The molecule has 4 heteroatoms. The highest BCUT2D eigenvalue weighted by Crippen LogP contribution is 2.26. The molecular formula is C17H26N2O2. The van der Waals surface area contributed by atoms with Crippen LogP contribution in [0.15, 0.2) is 18.2 Å². The zero-order valence-corrected chi connectivity index (χ0v) is 12.9. The maximum atomic E-state index is 5.88. The zero-order valence-electron chi connectivity index (χ0n) is 12.9. The summed E-state index contributed by atoms with van der Waals surface area (Å²) in [6.45, 7) is 8.13. The van der Waals surface area contributed by atoms with Crippen molar-refractivity contribution >= 4 is 5.69 Å². The van der Waals surface area contributed by atoms with Crippen LogP contribution in [0.5, 0.6) is 5.75 Å². The third-order valence-corrected chi connectivity index (χ3v) is 4.31. The predicted molar refractivity (Wildman–Crippen MR) is 85.3 cm³/mol. The summed E-state index contributed by atoms with van der Waals surface area (Å²) in [5, 5.41) is 3.45. The van der Waals surface area contributed by atoms with Crippen molar-refractivity contribution in [1.82, 2.24) is 5.32 Å². The average Bonchev–Trinajstić information content (AvgIpc) is 2.87. The fourth-order valence-corrected chi connectivity index (χ4v) is 3.12. The molecule has 116 valence electrons. The summed E-state index contributed by atoms with van der Waals surface area (Å²) < 4.78 is 11.5. The Hall–Kier alpha value is -1.26. The Morgan fingerprint density at radius 3 is 3.05 bits per heavy atom. The normalized spacial score (nSPS) is 23.1. The maximum absolute atomic E-state index is 5.88. The van der Waals surface area contributed by atoms with E-state index in [1.807, 2.05) is 0 Å². The van der Waals surface area contributed by atoms with Crippen LogP contribution in [0.1, 0.15) is 24.8 Å². The molecule has 2 aliphatic heterocycles. The van der Waals surface area contributed by atoms with E-state index in [2.05, 4.69) is 35.3 Å². The highest BCUT2D eigenvalue weighted by atomic mass is 16.5. The zero-order chi connectivity index (χ0) is 14.5. The maximum Gasteiger partial charge on any atom is 0.119 e. The molecule has 21 heavy (non-hydrogen) atoms. The molecule has 0 aromatic heterocycles. The van der Waals surface area contributed by atoms with Gasteiger partial charge in [-0.25, -0.2) is 0 Å². The van der Waals surface area contributed by atoms with E-state index in [-0.39, 0.29) is 6.10 Å². The lowest BCUT2D eigenvalue weighted by molar-refractivity contribution is 0.0679. The van der Waals surface area contributed by atoms with Crippen LogP contribution in [0.25, 0.3) is 0 Å². The molecule has 0 bridgehead atoms. The minimum atomic E-state index is 0.279. The second-order valence-corrected chi connectivity index (χ2v) is 5.98.